The van der Waals surface area contributed by atoms with Crippen LogP contribution in [0.5, 0.6) is 0 Å². The van der Waals surface area contributed by atoms with Crippen molar-refractivity contribution in [2.45, 2.75) is 31.7 Å². The van der Waals surface area contributed by atoms with E-state index in [-0.39, 0.29) is 0 Å². The summed E-state index contributed by atoms with van der Waals surface area (Å²) in [6, 6.07) is 0.708. The molecule has 0 spiro atoms. The van der Waals surface area contributed by atoms with Crippen molar-refractivity contribution in [1.29, 1.82) is 0 Å². The summed E-state index contributed by atoms with van der Waals surface area (Å²) in [6.07, 6.45) is 5.85. The van der Waals surface area contributed by atoms with Crippen molar-refractivity contribution in [1.82, 2.24) is 15.1 Å². The standard InChI is InChI=1S/C13H27N3/c1-15(10-12-5-3-4-6-12)11-13-9-14-7-8-16(13)2/h12-14H,3-11H2,1-2H3. The summed E-state index contributed by atoms with van der Waals surface area (Å²) in [5.74, 6) is 0.979. The molecule has 2 fully saturated rings. The monoisotopic (exact) mass is 225 g/mol. The summed E-state index contributed by atoms with van der Waals surface area (Å²) in [7, 11) is 4.55. The fourth-order valence-corrected chi connectivity index (χ4v) is 3.13. The zero-order valence-electron chi connectivity index (χ0n) is 10.9. The van der Waals surface area contributed by atoms with E-state index in [1.165, 1.54) is 45.3 Å². The summed E-state index contributed by atoms with van der Waals surface area (Å²) < 4.78 is 0. The summed E-state index contributed by atoms with van der Waals surface area (Å²) in [5, 5.41) is 3.50. The zero-order valence-corrected chi connectivity index (χ0v) is 10.9. The Morgan fingerprint density at radius 2 is 2.00 bits per heavy atom. The highest BCUT2D eigenvalue weighted by Crippen LogP contribution is 2.25. The molecule has 0 amide bonds. The minimum absolute atomic E-state index is 0.708. The van der Waals surface area contributed by atoms with Gasteiger partial charge in [-0.2, -0.15) is 0 Å². The minimum atomic E-state index is 0.708. The molecule has 1 atom stereocenters. The molecule has 0 radical (unpaired) electrons. The van der Waals surface area contributed by atoms with Gasteiger partial charge in [0.25, 0.3) is 0 Å². The first-order valence-electron chi connectivity index (χ1n) is 6.85. The molecule has 1 aliphatic carbocycles. The van der Waals surface area contributed by atoms with Gasteiger partial charge in [-0.25, -0.2) is 0 Å². The average molecular weight is 225 g/mol. The Bertz CT molecular complexity index is 201. The SMILES string of the molecule is CN(CC1CCCC1)CC1CNCCN1C. The van der Waals surface area contributed by atoms with Gasteiger partial charge in [-0.3, -0.25) is 4.90 Å². The van der Waals surface area contributed by atoms with E-state index in [9.17, 15) is 0 Å². The maximum atomic E-state index is 3.50. The van der Waals surface area contributed by atoms with E-state index in [1.807, 2.05) is 0 Å². The number of nitrogens with zero attached hydrogens (tertiary/aromatic N) is 2. The summed E-state index contributed by atoms with van der Waals surface area (Å²) in [5.41, 5.74) is 0. The predicted molar refractivity (Wildman–Crippen MR) is 68.7 cm³/mol. The van der Waals surface area contributed by atoms with E-state index in [0.29, 0.717) is 6.04 Å². The highest BCUT2D eigenvalue weighted by molar-refractivity contribution is 4.80. The van der Waals surface area contributed by atoms with Gasteiger partial charge in [0.1, 0.15) is 0 Å². The lowest BCUT2D eigenvalue weighted by atomic mass is 10.1. The van der Waals surface area contributed by atoms with Gasteiger partial charge in [0.2, 0.25) is 0 Å². The van der Waals surface area contributed by atoms with E-state index < -0.39 is 0 Å². The molecule has 0 aromatic carbocycles. The van der Waals surface area contributed by atoms with Gasteiger partial charge in [-0.05, 0) is 32.9 Å². The Morgan fingerprint density at radius 1 is 1.25 bits per heavy atom. The molecule has 0 aromatic rings. The van der Waals surface area contributed by atoms with E-state index in [1.54, 1.807) is 0 Å². The predicted octanol–water partition coefficient (Wildman–Crippen LogP) is 1.01. The highest BCUT2D eigenvalue weighted by Gasteiger charge is 2.22. The first-order valence-corrected chi connectivity index (χ1v) is 6.85. The quantitative estimate of drug-likeness (QED) is 0.770. The first-order chi connectivity index (χ1) is 7.75. The van der Waals surface area contributed by atoms with Crippen molar-refractivity contribution < 1.29 is 0 Å². The number of piperazine rings is 1. The fourth-order valence-electron chi connectivity index (χ4n) is 3.13. The van der Waals surface area contributed by atoms with Crippen LogP contribution in [-0.4, -0.2) is 62.7 Å². The van der Waals surface area contributed by atoms with E-state index in [0.717, 1.165) is 19.0 Å². The lowest BCUT2D eigenvalue weighted by Gasteiger charge is -2.36. The lowest BCUT2D eigenvalue weighted by molar-refractivity contribution is 0.144. The Labute approximate surface area is 100 Å². The molecular weight excluding hydrogens is 198 g/mol. The molecular formula is C13H27N3. The maximum absolute atomic E-state index is 3.50. The van der Waals surface area contributed by atoms with Gasteiger partial charge >= 0.3 is 0 Å². The van der Waals surface area contributed by atoms with Crippen LogP contribution in [0.3, 0.4) is 0 Å². The van der Waals surface area contributed by atoms with Gasteiger partial charge in [0.05, 0.1) is 0 Å². The Hall–Kier alpha value is -0.120. The van der Waals surface area contributed by atoms with E-state index in [4.69, 9.17) is 0 Å². The third kappa shape index (κ3) is 3.44. The summed E-state index contributed by atoms with van der Waals surface area (Å²) in [4.78, 5) is 5.05. The Kier molecular flexibility index (Phi) is 4.62. The van der Waals surface area contributed by atoms with Gasteiger partial charge in [-0.15, -0.1) is 0 Å². The van der Waals surface area contributed by atoms with Crippen LogP contribution in [0.15, 0.2) is 0 Å². The normalized spacial score (nSPS) is 29.1. The van der Waals surface area contributed by atoms with Crippen LogP contribution in [0, 0.1) is 5.92 Å². The van der Waals surface area contributed by atoms with Crippen LogP contribution < -0.4 is 5.32 Å². The molecule has 2 rings (SSSR count). The van der Waals surface area contributed by atoms with Crippen molar-refractivity contribution in [3.8, 4) is 0 Å². The van der Waals surface area contributed by atoms with Gasteiger partial charge in [0.15, 0.2) is 0 Å². The van der Waals surface area contributed by atoms with Crippen LogP contribution in [0.1, 0.15) is 25.7 Å². The Balaban J connectivity index is 1.70. The third-order valence-electron chi connectivity index (χ3n) is 4.21. The number of nitrogens with one attached hydrogen (secondary N) is 1. The third-order valence-corrected chi connectivity index (χ3v) is 4.21. The number of hydrogen-bond acceptors (Lipinski definition) is 3. The van der Waals surface area contributed by atoms with Crippen LogP contribution in [0.4, 0.5) is 0 Å². The van der Waals surface area contributed by atoms with E-state index >= 15 is 0 Å². The molecule has 3 heteroatoms. The van der Waals surface area contributed by atoms with Gasteiger partial charge in [-0.1, -0.05) is 12.8 Å². The molecule has 1 saturated heterocycles. The average Bonchev–Trinajstić information content (AvgIpc) is 2.74. The zero-order chi connectivity index (χ0) is 11.4. The Morgan fingerprint density at radius 3 is 2.69 bits per heavy atom. The smallest absolute Gasteiger partial charge is 0.0345 e. The second kappa shape index (κ2) is 5.99. The first kappa shape index (κ1) is 12.3. The van der Waals surface area contributed by atoms with Crippen LogP contribution in [0.2, 0.25) is 0 Å². The molecule has 0 bridgehead atoms. The molecule has 0 aromatic heterocycles. The van der Waals surface area contributed by atoms with Gasteiger partial charge in [0, 0.05) is 38.8 Å². The van der Waals surface area contributed by atoms with Crippen LogP contribution in [0.25, 0.3) is 0 Å². The minimum Gasteiger partial charge on any atom is -0.314 e. The number of likely N-dealkylation sites (N-methyl/N-ethyl adjacent to an activating group) is 2. The topological polar surface area (TPSA) is 18.5 Å². The number of rotatable bonds is 4. The molecule has 3 nitrogen and oxygen atoms in total. The largest absolute Gasteiger partial charge is 0.314 e. The second-order valence-corrected chi connectivity index (χ2v) is 5.71. The molecule has 1 N–H and O–H groups in total. The van der Waals surface area contributed by atoms with Crippen LogP contribution in [-0.2, 0) is 0 Å². The maximum Gasteiger partial charge on any atom is 0.0345 e. The lowest BCUT2D eigenvalue weighted by Crippen LogP contribution is -2.53. The fraction of sp³-hybridized carbons (Fsp3) is 1.00. The molecule has 1 saturated carbocycles. The van der Waals surface area contributed by atoms with Crippen molar-refractivity contribution >= 4 is 0 Å². The van der Waals surface area contributed by atoms with Crippen molar-refractivity contribution in [3.05, 3.63) is 0 Å². The highest BCUT2D eigenvalue weighted by atomic mass is 15.2. The molecule has 1 aliphatic heterocycles. The molecule has 2 aliphatic rings. The molecule has 16 heavy (non-hydrogen) atoms. The second-order valence-electron chi connectivity index (χ2n) is 5.71. The molecule has 94 valence electrons. The summed E-state index contributed by atoms with van der Waals surface area (Å²) in [6.45, 7) is 6.04. The van der Waals surface area contributed by atoms with Crippen molar-refractivity contribution in [2.24, 2.45) is 5.92 Å². The molecule has 1 heterocycles. The van der Waals surface area contributed by atoms with Gasteiger partial charge < -0.3 is 10.2 Å². The van der Waals surface area contributed by atoms with E-state index in [2.05, 4.69) is 29.2 Å². The van der Waals surface area contributed by atoms with Crippen LogP contribution >= 0.6 is 0 Å². The molecule has 1 unspecified atom stereocenters. The number of hydrogen-bond donors (Lipinski definition) is 1. The summed E-state index contributed by atoms with van der Waals surface area (Å²) >= 11 is 0. The van der Waals surface area contributed by atoms with Crippen molar-refractivity contribution in [3.63, 3.8) is 0 Å². The van der Waals surface area contributed by atoms with Crippen molar-refractivity contribution in [2.75, 3.05) is 46.8 Å².